The predicted molar refractivity (Wildman–Crippen MR) is 233 cm³/mol. The summed E-state index contributed by atoms with van der Waals surface area (Å²) in [6.07, 6.45) is 2.26. The molecular formula is C43H60N10O6S. The van der Waals surface area contributed by atoms with Gasteiger partial charge in [0.25, 0.3) is 10.0 Å². The highest BCUT2D eigenvalue weighted by Gasteiger charge is 2.36. The van der Waals surface area contributed by atoms with E-state index in [-0.39, 0.29) is 58.8 Å². The highest BCUT2D eigenvalue weighted by atomic mass is 32.2. The van der Waals surface area contributed by atoms with Gasteiger partial charge in [0.1, 0.15) is 43.8 Å². The van der Waals surface area contributed by atoms with Gasteiger partial charge in [0.05, 0.1) is 27.8 Å². The standard InChI is InChI=1S/C25H33N5O4S.C18H27N5O2/c1-17-7-9-19(10-8-17)35(32,33)30-14-12-20-22(26-16-27-23(20)30)28(6)21-15-29(13-11-18(21)2)24(31)34-25(3,4)5;1-12-7-9-23(17(24)25-18(2,3)4)10-14(12)22(5)16-13-6-8-19-15(13)20-11-21-16/h7-10,12,14,16,18,21H,11,13,15H2,1-6H3;6,8,11-12,14H,7,9-10H2,1-5H3,(H,19,20,21)/i6D3,16D;5D3,11D. The summed E-state index contributed by atoms with van der Waals surface area (Å²) >= 11 is 0. The van der Waals surface area contributed by atoms with Crippen LogP contribution in [0.15, 0.2) is 66.3 Å². The van der Waals surface area contributed by atoms with Crippen LogP contribution in [0.5, 0.6) is 0 Å². The summed E-state index contributed by atoms with van der Waals surface area (Å²) in [5.74, 6) is -0.0937. The first-order valence-electron chi connectivity index (χ1n) is 23.9. The molecule has 4 aromatic heterocycles. The molecule has 4 unspecified atom stereocenters. The number of amides is 2. The SMILES string of the molecule is [2H]c1nc(N(C2CN(C(=O)OC(C)(C)C)CCC2C)C([2H])([2H])[2H])c2cc[nH]c2n1.[2H]c1nc(N(C2CN(C(=O)OC(C)(C)C)CCC2C)C([2H])([2H])[2H])c2ccn(S(=O)(=O)c3ccc(C)cc3)c2n1. The highest BCUT2D eigenvalue weighted by molar-refractivity contribution is 7.90. The third-order valence-corrected chi connectivity index (χ3v) is 12.2. The topological polar surface area (TPSA) is 172 Å². The van der Waals surface area contributed by atoms with Crippen LogP contribution in [0.25, 0.3) is 22.1 Å². The van der Waals surface area contributed by atoms with Crippen molar-refractivity contribution in [2.45, 2.75) is 103 Å². The molecule has 2 aliphatic heterocycles. The minimum Gasteiger partial charge on any atom is -0.444 e. The van der Waals surface area contributed by atoms with E-state index in [1.165, 1.54) is 34.2 Å². The summed E-state index contributed by atoms with van der Waals surface area (Å²) < 4.78 is 105. The van der Waals surface area contributed by atoms with Gasteiger partial charge in [-0.15, -0.1) is 0 Å². The molecule has 2 aliphatic rings. The van der Waals surface area contributed by atoms with E-state index in [2.05, 4.69) is 24.9 Å². The molecule has 6 heterocycles. The Morgan fingerprint density at radius 2 is 1.30 bits per heavy atom. The molecule has 16 nitrogen and oxygen atoms in total. The number of piperidine rings is 2. The van der Waals surface area contributed by atoms with Gasteiger partial charge in [0.2, 0.25) is 0 Å². The molecule has 2 fully saturated rings. The fourth-order valence-corrected chi connectivity index (χ4v) is 8.44. The van der Waals surface area contributed by atoms with E-state index in [0.717, 1.165) is 14.4 Å². The predicted octanol–water partition coefficient (Wildman–Crippen LogP) is 7.10. The van der Waals surface area contributed by atoms with Gasteiger partial charge in [-0.25, -0.2) is 41.9 Å². The maximum absolute atomic E-state index is 13.5. The molecule has 5 aromatic rings. The number of carbonyl (C=O) groups excluding carboxylic acids is 2. The van der Waals surface area contributed by atoms with Gasteiger partial charge in [0.15, 0.2) is 5.65 Å². The van der Waals surface area contributed by atoms with Gasteiger partial charge >= 0.3 is 12.2 Å². The Balaban J connectivity index is 0.000000234. The van der Waals surface area contributed by atoms with Gasteiger partial charge in [-0.05, 0) is 97.4 Å². The second kappa shape index (κ2) is 17.3. The molecule has 0 spiro atoms. The van der Waals surface area contributed by atoms with Crippen molar-refractivity contribution in [2.24, 2.45) is 11.8 Å². The van der Waals surface area contributed by atoms with Crippen LogP contribution in [-0.4, -0.2) is 123 Å². The molecule has 1 N–H and O–H groups in total. The third kappa shape index (κ3) is 9.77. The Bertz CT molecular complexity index is 2740. The second-order valence-corrected chi connectivity index (χ2v) is 19.3. The van der Waals surface area contributed by atoms with E-state index in [0.29, 0.717) is 37.0 Å². The van der Waals surface area contributed by atoms with E-state index in [1.54, 1.807) is 70.8 Å². The molecule has 4 atom stereocenters. The number of H-pyrrole nitrogens is 1. The van der Waals surface area contributed by atoms with Crippen LogP contribution in [0.3, 0.4) is 0 Å². The van der Waals surface area contributed by atoms with Crippen LogP contribution < -0.4 is 9.80 Å². The van der Waals surface area contributed by atoms with Crippen LogP contribution in [0, 0.1) is 18.8 Å². The van der Waals surface area contributed by atoms with Crippen molar-refractivity contribution in [1.29, 1.82) is 0 Å². The summed E-state index contributed by atoms with van der Waals surface area (Å²) in [5.41, 5.74) is -0.165. The Morgan fingerprint density at radius 3 is 1.82 bits per heavy atom. The largest absolute Gasteiger partial charge is 0.444 e. The lowest BCUT2D eigenvalue weighted by atomic mass is 9.92. The second-order valence-electron chi connectivity index (χ2n) is 17.5. The molecule has 17 heteroatoms. The average Bonchev–Trinajstić information content (AvgIpc) is 3.85. The molecule has 1 aromatic carbocycles. The van der Waals surface area contributed by atoms with E-state index >= 15 is 0 Å². The van der Waals surface area contributed by atoms with Crippen LogP contribution in [0.1, 0.15) is 84.8 Å². The Kier molecular flexibility index (Phi) is 9.86. The normalized spacial score (nSPS) is 22.4. The lowest BCUT2D eigenvalue weighted by Crippen LogP contribution is -2.53. The minimum absolute atomic E-state index is 0.00717. The molecule has 0 bridgehead atoms. The molecule has 2 saturated heterocycles. The van der Waals surface area contributed by atoms with Crippen molar-refractivity contribution in [1.82, 2.24) is 38.7 Å². The first-order chi connectivity index (χ1) is 31.4. The van der Waals surface area contributed by atoms with E-state index in [9.17, 15) is 18.0 Å². The fourth-order valence-electron chi connectivity index (χ4n) is 7.14. The molecule has 60 heavy (non-hydrogen) atoms. The zero-order chi connectivity index (χ0) is 50.5. The van der Waals surface area contributed by atoms with E-state index in [1.807, 2.05) is 20.8 Å². The summed E-state index contributed by atoms with van der Waals surface area (Å²) in [7, 11) is -4.09. The van der Waals surface area contributed by atoms with E-state index < -0.39 is 65.8 Å². The van der Waals surface area contributed by atoms with E-state index in [4.69, 9.17) is 20.4 Å². The fraction of sp³-hybridized carbons (Fsp3) is 0.535. The number of aromatic nitrogens is 6. The quantitative estimate of drug-likeness (QED) is 0.184. The first kappa shape index (κ1) is 34.3. The number of anilines is 2. The summed E-state index contributed by atoms with van der Waals surface area (Å²) in [6.45, 7) is 12.3. The smallest absolute Gasteiger partial charge is 0.410 e. The number of likely N-dealkylation sites (tertiary alicyclic amines) is 2. The van der Waals surface area contributed by atoms with Crippen LogP contribution in [-0.2, 0) is 19.5 Å². The Labute approximate surface area is 364 Å². The van der Waals surface area contributed by atoms with Crippen LogP contribution in [0.2, 0.25) is 0 Å². The molecule has 0 saturated carbocycles. The summed E-state index contributed by atoms with van der Waals surface area (Å²) in [5, 5.41) is 0.693. The number of nitrogens with zero attached hydrogens (tertiary/aromatic N) is 9. The zero-order valence-electron chi connectivity index (χ0n) is 43.6. The summed E-state index contributed by atoms with van der Waals surface area (Å²) in [6, 6.07) is 8.20. The van der Waals surface area contributed by atoms with Gasteiger partial charge in [-0.2, -0.15) is 0 Å². The number of rotatable bonds is 6. The minimum atomic E-state index is -4.09. The van der Waals surface area contributed by atoms with Crippen molar-refractivity contribution in [3.8, 4) is 0 Å². The third-order valence-electron chi connectivity index (χ3n) is 10.5. The zero-order valence-corrected chi connectivity index (χ0v) is 36.4. The van der Waals surface area contributed by atoms with Gasteiger partial charge in [-0.1, -0.05) is 31.5 Å². The molecule has 324 valence electrons. The number of benzene rings is 1. The first-order valence-corrected chi connectivity index (χ1v) is 21.3. The highest BCUT2D eigenvalue weighted by Crippen LogP contribution is 2.32. The number of likely N-dealkylation sites (N-methyl/N-ethyl adjacent to an activating group) is 2. The van der Waals surface area contributed by atoms with Crippen molar-refractivity contribution in [2.75, 3.05) is 49.9 Å². The summed E-state index contributed by atoms with van der Waals surface area (Å²) in [4.78, 5) is 50.1. The maximum Gasteiger partial charge on any atom is 0.410 e. The molecule has 0 aliphatic carbocycles. The van der Waals surface area contributed by atoms with Crippen molar-refractivity contribution < 1.29 is 38.4 Å². The maximum atomic E-state index is 13.5. The number of fused-ring (bicyclic) bond motifs is 2. The number of ether oxygens (including phenoxy) is 2. The van der Waals surface area contributed by atoms with Gasteiger partial charge in [-0.3, -0.25) is 0 Å². The number of hydrogen-bond donors (Lipinski definition) is 1. The Morgan fingerprint density at radius 1 is 0.783 bits per heavy atom. The number of carbonyl (C=O) groups is 2. The van der Waals surface area contributed by atoms with Gasteiger partial charge in [0, 0.05) is 60.7 Å². The lowest BCUT2D eigenvalue weighted by Gasteiger charge is -2.42. The van der Waals surface area contributed by atoms with Crippen LogP contribution >= 0.6 is 0 Å². The number of hydrogen-bond acceptors (Lipinski definition) is 12. The molecular weight excluding hydrogens is 785 g/mol. The van der Waals surface area contributed by atoms with Gasteiger partial charge < -0.3 is 34.1 Å². The molecule has 7 rings (SSSR count). The van der Waals surface area contributed by atoms with Crippen LogP contribution in [0.4, 0.5) is 21.2 Å². The molecule has 0 radical (unpaired) electrons. The lowest BCUT2D eigenvalue weighted by molar-refractivity contribution is 0.0155. The van der Waals surface area contributed by atoms with Crippen molar-refractivity contribution in [3.63, 3.8) is 0 Å². The van der Waals surface area contributed by atoms with Crippen molar-refractivity contribution >= 4 is 55.9 Å². The monoisotopic (exact) mass is 852 g/mol. The Hall–Kier alpha value is -5.45. The van der Waals surface area contributed by atoms with Crippen molar-refractivity contribution in [3.05, 3.63) is 67.0 Å². The number of nitrogens with one attached hydrogen (secondary N) is 1. The number of aryl methyl sites for hydroxylation is 1. The number of aromatic amines is 1. The average molecular weight is 853 g/mol. The molecule has 2 amide bonds.